The number of nitrogens with zero attached hydrogens (tertiary/aromatic N) is 2. The van der Waals surface area contributed by atoms with Crippen LogP contribution in [0.2, 0.25) is 0 Å². The van der Waals surface area contributed by atoms with E-state index in [2.05, 4.69) is 5.32 Å². The van der Waals surface area contributed by atoms with Gasteiger partial charge in [0.1, 0.15) is 24.2 Å². The molecule has 0 aromatic heterocycles. The first-order valence-corrected chi connectivity index (χ1v) is 16.2. The highest BCUT2D eigenvalue weighted by atomic mass is 32.2. The van der Waals surface area contributed by atoms with E-state index >= 15 is 0 Å². The molecule has 0 aliphatic rings. The fourth-order valence-electron chi connectivity index (χ4n) is 4.90. The standard InChI is InChI=1S/C35H38FN3O5S/c1-4-37-35(41)33(23-27-11-7-6-8-12-27)38(24-28-13-9-10-14-32(28)36)34(40)25-39(29-17-15-26(3)16-18-29)45(42,43)31-21-19-30(20-22-31)44-5-2/h6-22,33H,4-5,23-25H2,1-3H3,(H,37,41)/t33-/m1/s1. The number of likely N-dealkylation sites (N-methyl/N-ethyl adjacent to an activating group) is 1. The molecule has 0 spiro atoms. The molecule has 4 aromatic rings. The number of ether oxygens (including phenoxy) is 1. The van der Waals surface area contributed by atoms with E-state index in [1.807, 2.05) is 44.2 Å². The maximum Gasteiger partial charge on any atom is 0.264 e. The van der Waals surface area contributed by atoms with Crippen LogP contribution in [0.25, 0.3) is 0 Å². The van der Waals surface area contributed by atoms with Gasteiger partial charge in [0.15, 0.2) is 0 Å². The Hall–Kier alpha value is -4.70. The molecule has 0 aliphatic heterocycles. The van der Waals surface area contributed by atoms with Crippen LogP contribution in [-0.4, -0.2) is 50.9 Å². The van der Waals surface area contributed by atoms with Crippen LogP contribution in [0.3, 0.4) is 0 Å². The van der Waals surface area contributed by atoms with E-state index < -0.39 is 40.2 Å². The summed E-state index contributed by atoms with van der Waals surface area (Å²) >= 11 is 0. The van der Waals surface area contributed by atoms with Crippen molar-refractivity contribution in [3.05, 3.63) is 126 Å². The zero-order valence-electron chi connectivity index (χ0n) is 25.6. The van der Waals surface area contributed by atoms with Crippen molar-refractivity contribution in [3.8, 4) is 5.75 Å². The Morgan fingerprint density at radius 1 is 0.867 bits per heavy atom. The van der Waals surface area contributed by atoms with Crippen LogP contribution in [0.15, 0.2) is 108 Å². The van der Waals surface area contributed by atoms with Gasteiger partial charge in [0.25, 0.3) is 10.0 Å². The Labute approximate surface area is 264 Å². The Balaban J connectivity index is 1.79. The SMILES string of the molecule is CCNC(=O)[C@@H](Cc1ccccc1)N(Cc1ccccc1F)C(=O)CN(c1ccc(C)cc1)S(=O)(=O)c1ccc(OCC)cc1. The number of halogens is 1. The lowest BCUT2D eigenvalue weighted by molar-refractivity contribution is -0.140. The summed E-state index contributed by atoms with van der Waals surface area (Å²) in [6.07, 6.45) is 0.142. The molecule has 0 heterocycles. The maximum absolute atomic E-state index is 15.0. The predicted molar refractivity (Wildman–Crippen MR) is 173 cm³/mol. The molecule has 45 heavy (non-hydrogen) atoms. The topological polar surface area (TPSA) is 96.0 Å². The molecule has 0 radical (unpaired) electrons. The summed E-state index contributed by atoms with van der Waals surface area (Å²) in [6.45, 7) is 5.33. The monoisotopic (exact) mass is 631 g/mol. The fourth-order valence-corrected chi connectivity index (χ4v) is 6.31. The van der Waals surface area contributed by atoms with E-state index in [4.69, 9.17) is 4.74 Å². The fraction of sp³-hybridized carbons (Fsp3) is 0.257. The average Bonchev–Trinajstić information content (AvgIpc) is 3.04. The summed E-state index contributed by atoms with van der Waals surface area (Å²) in [5, 5.41) is 2.79. The lowest BCUT2D eigenvalue weighted by Crippen LogP contribution is -2.53. The molecule has 10 heteroatoms. The summed E-state index contributed by atoms with van der Waals surface area (Å²) in [6, 6.07) is 26.9. The first kappa shape index (κ1) is 33.2. The second kappa shape index (κ2) is 15.3. The van der Waals surface area contributed by atoms with Crippen molar-refractivity contribution in [2.24, 2.45) is 0 Å². The normalized spacial score (nSPS) is 11.8. The Kier molecular flexibility index (Phi) is 11.3. The Bertz CT molecular complexity index is 1680. The van der Waals surface area contributed by atoms with Crippen molar-refractivity contribution in [1.29, 1.82) is 0 Å². The lowest BCUT2D eigenvalue weighted by Gasteiger charge is -2.34. The van der Waals surface area contributed by atoms with Crippen LogP contribution in [0.5, 0.6) is 5.75 Å². The third-order valence-electron chi connectivity index (χ3n) is 7.24. The number of anilines is 1. The number of carbonyl (C=O) groups is 2. The van der Waals surface area contributed by atoms with Crippen molar-refractivity contribution in [3.63, 3.8) is 0 Å². The van der Waals surface area contributed by atoms with Crippen LogP contribution in [0.1, 0.15) is 30.5 Å². The maximum atomic E-state index is 15.0. The van der Waals surface area contributed by atoms with E-state index in [0.717, 1.165) is 15.4 Å². The molecule has 1 N–H and O–H groups in total. The summed E-state index contributed by atoms with van der Waals surface area (Å²) in [7, 11) is -4.27. The number of nitrogens with one attached hydrogen (secondary N) is 1. The average molecular weight is 632 g/mol. The van der Waals surface area contributed by atoms with Crippen molar-refractivity contribution >= 4 is 27.5 Å². The van der Waals surface area contributed by atoms with Gasteiger partial charge in [0, 0.05) is 25.1 Å². The summed E-state index contributed by atoms with van der Waals surface area (Å²) < 4.78 is 49.7. The first-order valence-electron chi connectivity index (χ1n) is 14.8. The molecule has 0 unspecified atom stereocenters. The van der Waals surface area contributed by atoms with E-state index in [0.29, 0.717) is 18.9 Å². The minimum absolute atomic E-state index is 0.0375. The molecular weight excluding hydrogens is 593 g/mol. The van der Waals surface area contributed by atoms with Crippen LogP contribution >= 0.6 is 0 Å². The van der Waals surface area contributed by atoms with Gasteiger partial charge in [-0.15, -0.1) is 0 Å². The molecule has 0 fully saturated rings. The molecule has 0 aliphatic carbocycles. The van der Waals surface area contributed by atoms with Gasteiger partial charge < -0.3 is 15.0 Å². The van der Waals surface area contributed by atoms with Gasteiger partial charge in [-0.2, -0.15) is 0 Å². The van der Waals surface area contributed by atoms with Gasteiger partial charge in [0.2, 0.25) is 11.8 Å². The highest BCUT2D eigenvalue weighted by Crippen LogP contribution is 2.27. The minimum atomic E-state index is -4.27. The number of benzene rings is 4. The largest absolute Gasteiger partial charge is 0.494 e. The van der Waals surface area contributed by atoms with Crippen molar-refractivity contribution in [1.82, 2.24) is 10.2 Å². The zero-order chi connectivity index (χ0) is 32.4. The van der Waals surface area contributed by atoms with Gasteiger partial charge >= 0.3 is 0 Å². The number of rotatable bonds is 14. The quantitative estimate of drug-likeness (QED) is 0.198. The predicted octanol–water partition coefficient (Wildman–Crippen LogP) is 5.50. The number of carbonyl (C=O) groups excluding carboxylic acids is 2. The Morgan fingerprint density at radius 2 is 1.51 bits per heavy atom. The molecule has 4 rings (SSSR count). The van der Waals surface area contributed by atoms with Crippen LogP contribution < -0.4 is 14.4 Å². The molecule has 8 nitrogen and oxygen atoms in total. The number of hydrogen-bond acceptors (Lipinski definition) is 5. The highest BCUT2D eigenvalue weighted by Gasteiger charge is 2.35. The lowest BCUT2D eigenvalue weighted by atomic mass is 10.0. The number of amides is 2. The van der Waals surface area contributed by atoms with Gasteiger partial charge in [0.05, 0.1) is 17.2 Å². The Morgan fingerprint density at radius 3 is 2.13 bits per heavy atom. The van der Waals surface area contributed by atoms with Crippen LogP contribution in [-0.2, 0) is 32.6 Å². The third kappa shape index (κ3) is 8.48. The summed E-state index contributed by atoms with van der Waals surface area (Å²) in [5.74, 6) is -1.12. The van der Waals surface area contributed by atoms with Crippen LogP contribution in [0, 0.1) is 12.7 Å². The smallest absolute Gasteiger partial charge is 0.264 e. The second-order valence-corrected chi connectivity index (χ2v) is 12.3. The molecular formula is C35H38FN3O5S. The van der Waals surface area contributed by atoms with E-state index in [-0.39, 0.29) is 29.1 Å². The molecule has 1 atom stereocenters. The minimum Gasteiger partial charge on any atom is -0.494 e. The molecule has 0 bridgehead atoms. The molecule has 4 aromatic carbocycles. The molecule has 2 amide bonds. The van der Waals surface area contributed by atoms with Crippen molar-refractivity contribution < 1.29 is 27.1 Å². The molecule has 0 saturated heterocycles. The molecule has 0 saturated carbocycles. The van der Waals surface area contributed by atoms with E-state index in [1.165, 1.54) is 23.1 Å². The second-order valence-electron chi connectivity index (χ2n) is 10.5. The highest BCUT2D eigenvalue weighted by molar-refractivity contribution is 7.92. The van der Waals surface area contributed by atoms with Crippen molar-refractivity contribution in [2.45, 2.75) is 44.7 Å². The summed E-state index contributed by atoms with van der Waals surface area (Å²) in [5.41, 5.74) is 2.16. The van der Waals surface area contributed by atoms with Gasteiger partial charge in [-0.05, 0) is 68.8 Å². The molecule has 236 valence electrons. The summed E-state index contributed by atoms with van der Waals surface area (Å²) in [4.78, 5) is 29.1. The van der Waals surface area contributed by atoms with Gasteiger partial charge in [-0.25, -0.2) is 12.8 Å². The van der Waals surface area contributed by atoms with Gasteiger partial charge in [-0.1, -0.05) is 66.2 Å². The zero-order valence-corrected chi connectivity index (χ0v) is 26.5. The van der Waals surface area contributed by atoms with E-state index in [1.54, 1.807) is 61.5 Å². The number of sulfonamides is 1. The number of aryl methyl sites for hydroxylation is 1. The number of hydrogen-bond donors (Lipinski definition) is 1. The van der Waals surface area contributed by atoms with E-state index in [9.17, 15) is 22.4 Å². The van der Waals surface area contributed by atoms with Crippen LogP contribution in [0.4, 0.5) is 10.1 Å². The first-order chi connectivity index (χ1) is 21.6. The van der Waals surface area contributed by atoms with Crippen molar-refractivity contribution in [2.75, 3.05) is 24.0 Å². The van der Waals surface area contributed by atoms with Gasteiger partial charge in [-0.3, -0.25) is 13.9 Å². The third-order valence-corrected chi connectivity index (χ3v) is 9.03.